The monoisotopic (exact) mass is 324 g/mol. The van der Waals surface area contributed by atoms with E-state index in [1.165, 1.54) is 0 Å². The molecule has 0 amide bonds. The molecule has 1 N–H and O–H groups in total. The van der Waals surface area contributed by atoms with Crippen LogP contribution in [0.25, 0.3) is 10.9 Å². The Labute approximate surface area is 138 Å². The van der Waals surface area contributed by atoms with Crippen LogP contribution in [-0.4, -0.2) is 22.9 Å². The summed E-state index contributed by atoms with van der Waals surface area (Å²) < 4.78 is 11.2. The third-order valence-corrected chi connectivity index (χ3v) is 3.43. The van der Waals surface area contributed by atoms with E-state index in [9.17, 15) is 9.59 Å². The maximum Gasteiger partial charge on any atom is 0.258 e. The van der Waals surface area contributed by atoms with Crippen LogP contribution in [-0.2, 0) is 6.61 Å². The summed E-state index contributed by atoms with van der Waals surface area (Å²) in [5, 5.41) is 0.534. The number of fused-ring (bicyclic) bond motifs is 1. The van der Waals surface area contributed by atoms with E-state index in [4.69, 9.17) is 9.47 Å². The molecule has 0 aliphatic carbocycles. The van der Waals surface area contributed by atoms with Gasteiger partial charge in [0.25, 0.3) is 5.56 Å². The topological polar surface area (TPSA) is 81.3 Å². The number of nitrogens with one attached hydrogen (secondary N) is 1. The molecular formula is C18H16N2O4. The molecule has 0 radical (unpaired) electrons. The molecule has 2 aromatic carbocycles. The first-order valence-corrected chi connectivity index (χ1v) is 7.54. The molecule has 1 heterocycles. The molecule has 6 heteroatoms. The Morgan fingerprint density at radius 1 is 1.12 bits per heavy atom. The van der Waals surface area contributed by atoms with E-state index in [-0.39, 0.29) is 12.2 Å². The molecule has 0 aliphatic heterocycles. The highest BCUT2D eigenvalue weighted by molar-refractivity contribution is 5.77. The van der Waals surface area contributed by atoms with Gasteiger partial charge in [0.2, 0.25) is 0 Å². The molecule has 24 heavy (non-hydrogen) atoms. The molecule has 0 fully saturated rings. The minimum absolute atomic E-state index is 0.0839. The number of aldehydes is 1. The lowest BCUT2D eigenvalue weighted by molar-refractivity contribution is 0.112. The zero-order chi connectivity index (χ0) is 16.9. The number of nitrogens with zero attached hydrogens (tertiary/aromatic N) is 1. The summed E-state index contributed by atoms with van der Waals surface area (Å²) in [4.78, 5) is 30.0. The highest BCUT2D eigenvalue weighted by Crippen LogP contribution is 2.28. The summed E-state index contributed by atoms with van der Waals surface area (Å²) in [6, 6.07) is 12.0. The fourth-order valence-electron chi connectivity index (χ4n) is 2.33. The van der Waals surface area contributed by atoms with Gasteiger partial charge in [0.1, 0.15) is 18.7 Å². The van der Waals surface area contributed by atoms with E-state index in [0.29, 0.717) is 40.4 Å². The highest BCUT2D eigenvalue weighted by atomic mass is 16.5. The van der Waals surface area contributed by atoms with Gasteiger partial charge in [0.15, 0.2) is 11.5 Å². The molecule has 3 rings (SSSR count). The Morgan fingerprint density at radius 2 is 1.96 bits per heavy atom. The summed E-state index contributed by atoms with van der Waals surface area (Å²) in [6.45, 7) is 2.38. The van der Waals surface area contributed by atoms with Crippen molar-refractivity contribution >= 4 is 17.2 Å². The van der Waals surface area contributed by atoms with Crippen LogP contribution >= 0.6 is 0 Å². The average Bonchev–Trinajstić information content (AvgIpc) is 2.61. The van der Waals surface area contributed by atoms with Gasteiger partial charge >= 0.3 is 0 Å². The van der Waals surface area contributed by atoms with Crippen molar-refractivity contribution in [1.82, 2.24) is 9.97 Å². The van der Waals surface area contributed by atoms with Gasteiger partial charge in [-0.05, 0) is 37.3 Å². The molecule has 0 spiro atoms. The van der Waals surface area contributed by atoms with Gasteiger partial charge in [-0.3, -0.25) is 9.59 Å². The van der Waals surface area contributed by atoms with E-state index >= 15 is 0 Å². The molecule has 122 valence electrons. The van der Waals surface area contributed by atoms with E-state index in [2.05, 4.69) is 9.97 Å². The number of hydrogen-bond donors (Lipinski definition) is 1. The first-order chi connectivity index (χ1) is 11.7. The van der Waals surface area contributed by atoms with Crippen molar-refractivity contribution in [3.63, 3.8) is 0 Å². The van der Waals surface area contributed by atoms with E-state index in [1.54, 1.807) is 36.4 Å². The standard InChI is InChI=1S/C18H16N2O4/c1-2-23-16-9-12(10-21)7-8-15(16)24-11-17-19-14-6-4-3-5-13(14)18(22)20-17/h3-10H,2,11H2,1H3,(H,19,20,22). The minimum atomic E-state index is -0.208. The fraction of sp³-hybridized carbons (Fsp3) is 0.167. The molecule has 0 atom stereocenters. The van der Waals surface area contributed by atoms with Crippen molar-refractivity contribution in [3.8, 4) is 11.5 Å². The number of para-hydroxylation sites is 1. The first-order valence-electron chi connectivity index (χ1n) is 7.54. The SMILES string of the molecule is CCOc1cc(C=O)ccc1OCc1nc2ccccc2c(=O)[nH]1. The van der Waals surface area contributed by atoms with Gasteiger partial charge in [0.05, 0.1) is 17.5 Å². The van der Waals surface area contributed by atoms with Crippen molar-refractivity contribution in [1.29, 1.82) is 0 Å². The fourth-order valence-corrected chi connectivity index (χ4v) is 2.33. The molecular weight excluding hydrogens is 308 g/mol. The third-order valence-electron chi connectivity index (χ3n) is 3.43. The Morgan fingerprint density at radius 3 is 2.75 bits per heavy atom. The number of aromatic nitrogens is 2. The van der Waals surface area contributed by atoms with Crippen molar-refractivity contribution < 1.29 is 14.3 Å². The molecule has 0 aliphatic rings. The zero-order valence-corrected chi connectivity index (χ0v) is 13.1. The lowest BCUT2D eigenvalue weighted by Crippen LogP contribution is -2.13. The number of benzene rings is 2. The van der Waals surface area contributed by atoms with Crippen LogP contribution in [0.4, 0.5) is 0 Å². The van der Waals surface area contributed by atoms with Gasteiger partial charge < -0.3 is 14.5 Å². The second kappa shape index (κ2) is 6.95. The molecule has 3 aromatic rings. The van der Waals surface area contributed by atoms with Crippen LogP contribution in [0.5, 0.6) is 11.5 Å². The van der Waals surface area contributed by atoms with Gasteiger partial charge in [-0.15, -0.1) is 0 Å². The Kier molecular flexibility index (Phi) is 4.56. The zero-order valence-electron chi connectivity index (χ0n) is 13.1. The predicted molar refractivity (Wildman–Crippen MR) is 89.7 cm³/mol. The maximum atomic E-state index is 12.0. The lowest BCUT2D eigenvalue weighted by Gasteiger charge is -2.12. The molecule has 0 saturated carbocycles. The smallest absolute Gasteiger partial charge is 0.258 e. The van der Waals surface area contributed by atoms with Crippen molar-refractivity contribution in [2.45, 2.75) is 13.5 Å². The van der Waals surface area contributed by atoms with E-state index in [0.717, 1.165) is 6.29 Å². The summed E-state index contributed by atoms with van der Waals surface area (Å²) in [7, 11) is 0. The van der Waals surface area contributed by atoms with Crippen LogP contribution in [0.2, 0.25) is 0 Å². The van der Waals surface area contributed by atoms with Crippen LogP contribution in [0, 0.1) is 0 Å². The number of ether oxygens (including phenoxy) is 2. The molecule has 0 unspecified atom stereocenters. The number of H-pyrrole nitrogens is 1. The number of aromatic amines is 1. The van der Waals surface area contributed by atoms with Crippen molar-refractivity contribution in [2.75, 3.05) is 6.61 Å². The Hall–Kier alpha value is -3.15. The maximum absolute atomic E-state index is 12.0. The second-order valence-corrected chi connectivity index (χ2v) is 5.08. The van der Waals surface area contributed by atoms with Crippen LogP contribution < -0.4 is 15.0 Å². The van der Waals surface area contributed by atoms with Crippen molar-refractivity contribution in [3.05, 3.63) is 64.2 Å². The average molecular weight is 324 g/mol. The summed E-state index contributed by atoms with van der Waals surface area (Å²) >= 11 is 0. The molecule has 0 bridgehead atoms. The minimum Gasteiger partial charge on any atom is -0.490 e. The number of carbonyl (C=O) groups excluding carboxylic acids is 1. The van der Waals surface area contributed by atoms with Gasteiger partial charge in [-0.25, -0.2) is 4.98 Å². The van der Waals surface area contributed by atoms with Gasteiger partial charge in [0, 0.05) is 5.56 Å². The van der Waals surface area contributed by atoms with Gasteiger partial charge in [-0.1, -0.05) is 12.1 Å². The number of carbonyl (C=O) groups is 1. The van der Waals surface area contributed by atoms with E-state index < -0.39 is 0 Å². The van der Waals surface area contributed by atoms with Gasteiger partial charge in [-0.2, -0.15) is 0 Å². The lowest BCUT2D eigenvalue weighted by atomic mass is 10.2. The summed E-state index contributed by atoms with van der Waals surface area (Å²) in [6.07, 6.45) is 0.745. The quantitative estimate of drug-likeness (QED) is 0.705. The second-order valence-electron chi connectivity index (χ2n) is 5.08. The third kappa shape index (κ3) is 3.27. The van der Waals surface area contributed by atoms with Crippen LogP contribution in [0.15, 0.2) is 47.3 Å². The first kappa shape index (κ1) is 15.7. The number of hydrogen-bond acceptors (Lipinski definition) is 5. The highest BCUT2D eigenvalue weighted by Gasteiger charge is 2.09. The summed E-state index contributed by atoms with van der Waals surface area (Å²) in [5.41, 5.74) is 0.907. The molecule has 0 saturated heterocycles. The van der Waals surface area contributed by atoms with Crippen molar-refractivity contribution in [2.24, 2.45) is 0 Å². The molecule has 6 nitrogen and oxygen atoms in total. The molecule has 1 aromatic heterocycles. The Bertz CT molecular complexity index is 934. The predicted octanol–water partition coefficient (Wildman–Crippen LogP) is 2.71. The number of rotatable bonds is 6. The van der Waals surface area contributed by atoms with Crippen LogP contribution in [0.3, 0.4) is 0 Å². The Balaban J connectivity index is 1.85. The van der Waals surface area contributed by atoms with Crippen LogP contribution in [0.1, 0.15) is 23.1 Å². The van der Waals surface area contributed by atoms with E-state index in [1.807, 2.05) is 13.0 Å². The normalized spacial score (nSPS) is 10.5. The largest absolute Gasteiger partial charge is 0.490 e. The summed E-state index contributed by atoms with van der Waals surface area (Å²) in [5.74, 6) is 1.38.